The van der Waals surface area contributed by atoms with E-state index in [-0.39, 0.29) is 24.8 Å². The average Bonchev–Trinajstić information content (AvgIpc) is 2.96. The third-order valence-electron chi connectivity index (χ3n) is 3.97. The Hall–Kier alpha value is -2.31. The van der Waals surface area contributed by atoms with Crippen LogP contribution < -0.4 is 5.32 Å². The Labute approximate surface area is 132 Å². The molecular formula is C16H17F2N3O2. The smallest absolute Gasteiger partial charge is 0.251 e. The lowest BCUT2D eigenvalue weighted by Crippen LogP contribution is -2.40. The van der Waals surface area contributed by atoms with Gasteiger partial charge >= 0.3 is 0 Å². The van der Waals surface area contributed by atoms with Gasteiger partial charge in [-0.3, -0.25) is 4.79 Å². The van der Waals surface area contributed by atoms with Gasteiger partial charge in [-0.2, -0.15) is 0 Å². The van der Waals surface area contributed by atoms with Crippen molar-refractivity contribution in [3.8, 4) is 11.5 Å². The Morgan fingerprint density at radius 3 is 2.43 bits per heavy atom. The standard InChI is InChI=1S/C16H17F2N3O2/c1-10-20-21-15(23-10)12-4-2-11(3-5-12)14(22)19-13-6-8-16(17,18)9-7-13/h2-5,13H,6-9H2,1H3,(H,19,22). The van der Waals surface area contributed by atoms with Crippen molar-refractivity contribution >= 4 is 5.91 Å². The first-order valence-electron chi connectivity index (χ1n) is 7.52. The first-order valence-corrected chi connectivity index (χ1v) is 7.52. The molecule has 1 aliphatic carbocycles. The number of carbonyl (C=O) groups is 1. The summed E-state index contributed by atoms with van der Waals surface area (Å²) in [6, 6.07) is 6.55. The number of carbonyl (C=O) groups excluding carboxylic acids is 1. The van der Waals surface area contributed by atoms with Crippen LogP contribution in [0.5, 0.6) is 0 Å². The summed E-state index contributed by atoms with van der Waals surface area (Å²) in [5.41, 5.74) is 1.20. The molecular weight excluding hydrogens is 304 g/mol. The topological polar surface area (TPSA) is 68.0 Å². The molecule has 1 aliphatic rings. The number of nitrogens with one attached hydrogen (secondary N) is 1. The fourth-order valence-corrected chi connectivity index (χ4v) is 2.63. The Bertz CT molecular complexity index is 688. The molecule has 5 nitrogen and oxygen atoms in total. The van der Waals surface area contributed by atoms with Crippen molar-refractivity contribution in [2.75, 3.05) is 0 Å². The molecule has 1 heterocycles. The molecule has 0 spiro atoms. The number of amides is 1. The van der Waals surface area contributed by atoms with Gasteiger partial charge in [-0.15, -0.1) is 10.2 Å². The molecule has 122 valence electrons. The number of hydrogen-bond donors (Lipinski definition) is 1. The van der Waals surface area contributed by atoms with E-state index in [9.17, 15) is 13.6 Å². The number of alkyl halides is 2. The number of aromatic nitrogens is 2. The van der Waals surface area contributed by atoms with Gasteiger partial charge in [-0.05, 0) is 37.1 Å². The maximum absolute atomic E-state index is 13.1. The van der Waals surface area contributed by atoms with Crippen LogP contribution in [0, 0.1) is 6.92 Å². The molecule has 0 unspecified atom stereocenters. The number of rotatable bonds is 3. The third kappa shape index (κ3) is 3.72. The Balaban J connectivity index is 1.62. The minimum absolute atomic E-state index is 0.173. The lowest BCUT2D eigenvalue weighted by molar-refractivity contribution is -0.0399. The second-order valence-corrected chi connectivity index (χ2v) is 5.81. The molecule has 23 heavy (non-hydrogen) atoms. The van der Waals surface area contributed by atoms with E-state index in [4.69, 9.17) is 4.42 Å². The van der Waals surface area contributed by atoms with Crippen molar-refractivity contribution < 1.29 is 18.0 Å². The zero-order valence-electron chi connectivity index (χ0n) is 12.7. The van der Waals surface area contributed by atoms with Crippen LogP contribution in [0.2, 0.25) is 0 Å². The van der Waals surface area contributed by atoms with Gasteiger partial charge in [-0.1, -0.05) is 0 Å². The van der Waals surface area contributed by atoms with Crippen molar-refractivity contribution in [3.05, 3.63) is 35.7 Å². The summed E-state index contributed by atoms with van der Waals surface area (Å²) in [5.74, 6) is -1.99. The van der Waals surface area contributed by atoms with Crippen molar-refractivity contribution in [3.63, 3.8) is 0 Å². The lowest BCUT2D eigenvalue weighted by Gasteiger charge is -2.28. The SMILES string of the molecule is Cc1nnc(-c2ccc(C(=O)NC3CCC(F)(F)CC3)cc2)o1. The molecule has 0 bridgehead atoms. The molecule has 1 fully saturated rings. The highest BCUT2D eigenvalue weighted by Gasteiger charge is 2.35. The molecule has 0 aliphatic heterocycles. The summed E-state index contributed by atoms with van der Waals surface area (Å²) in [7, 11) is 0. The number of aryl methyl sites for hydroxylation is 1. The number of nitrogens with zero attached hydrogens (tertiary/aromatic N) is 2. The summed E-state index contributed by atoms with van der Waals surface area (Å²) >= 11 is 0. The van der Waals surface area contributed by atoms with E-state index >= 15 is 0 Å². The monoisotopic (exact) mass is 321 g/mol. The van der Waals surface area contributed by atoms with Gasteiger partial charge in [0.1, 0.15) is 0 Å². The third-order valence-corrected chi connectivity index (χ3v) is 3.97. The zero-order valence-corrected chi connectivity index (χ0v) is 12.7. The summed E-state index contributed by atoms with van der Waals surface area (Å²) in [6.45, 7) is 1.70. The van der Waals surface area contributed by atoms with Crippen LogP contribution in [-0.4, -0.2) is 28.1 Å². The van der Waals surface area contributed by atoms with E-state index in [1.165, 1.54) is 0 Å². The van der Waals surface area contributed by atoms with Crippen molar-refractivity contribution in [2.24, 2.45) is 0 Å². The van der Waals surface area contributed by atoms with Gasteiger partial charge in [0.25, 0.3) is 5.91 Å². The molecule has 1 N–H and O–H groups in total. The maximum Gasteiger partial charge on any atom is 0.251 e. The van der Waals surface area contributed by atoms with Crippen LogP contribution in [-0.2, 0) is 0 Å². The lowest BCUT2D eigenvalue weighted by atomic mass is 9.92. The van der Waals surface area contributed by atoms with E-state index in [2.05, 4.69) is 15.5 Å². The van der Waals surface area contributed by atoms with Crippen LogP contribution in [0.4, 0.5) is 8.78 Å². The van der Waals surface area contributed by atoms with E-state index < -0.39 is 5.92 Å². The average molecular weight is 321 g/mol. The van der Waals surface area contributed by atoms with E-state index in [1.807, 2.05) is 0 Å². The molecule has 3 rings (SSSR count). The maximum atomic E-state index is 13.1. The predicted molar refractivity (Wildman–Crippen MR) is 79.1 cm³/mol. The highest BCUT2D eigenvalue weighted by molar-refractivity contribution is 5.94. The molecule has 1 aromatic heterocycles. The Morgan fingerprint density at radius 2 is 1.87 bits per heavy atom. The van der Waals surface area contributed by atoms with Gasteiger partial charge in [0.2, 0.25) is 17.7 Å². The Morgan fingerprint density at radius 1 is 1.22 bits per heavy atom. The van der Waals surface area contributed by atoms with Crippen molar-refractivity contribution in [1.82, 2.24) is 15.5 Å². The highest BCUT2D eigenvalue weighted by Crippen LogP contribution is 2.33. The number of benzene rings is 1. The first kappa shape index (κ1) is 15.6. The van der Waals surface area contributed by atoms with Gasteiger partial charge in [0.05, 0.1) is 0 Å². The van der Waals surface area contributed by atoms with Crippen molar-refractivity contribution in [1.29, 1.82) is 0 Å². The minimum atomic E-state index is -2.59. The molecule has 0 atom stereocenters. The second-order valence-electron chi connectivity index (χ2n) is 5.81. The van der Waals surface area contributed by atoms with Crippen LogP contribution in [0.1, 0.15) is 41.9 Å². The summed E-state index contributed by atoms with van der Waals surface area (Å²) in [4.78, 5) is 12.2. The van der Waals surface area contributed by atoms with E-state index in [0.29, 0.717) is 30.2 Å². The number of halogens is 2. The van der Waals surface area contributed by atoms with Gasteiger partial charge in [-0.25, -0.2) is 8.78 Å². The largest absolute Gasteiger partial charge is 0.421 e. The van der Waals surface area contributed by atoms with Crippen LogP contribution >= 0.6 is 0 Å². The molecule has 0 saturated heterocycles. The minimum Gasteiger partial charge on any atom is -0.421 e. The zero-order chi connectivity index (χ0) is 16.4. The highest BCUT2D eigenvalue weighted by atomic mass is 19.3. The summed E-state index contributed by atoms with van der Waals surface area (Å²) in [5, 5.41) is 10.5. The molecule has 1 saturated carbocycles. The molecule has 1 aromatic carbocycles. The molecule has 0 radical (unpaired) electrons. The quantitative estimate of drug-likeness (QED) is 0.941. The molecule has 7 heteroatoms. The van der Waals surface area contributed by atoms with Crippen LogP contribution in [0.15, 0.2) is 28.7 Å². The van der Waals surface area contributed by atoms with Gasteiger partial charge in [0.15, 0.2) is 0 Å². The second kappa shape index (κ2) is 6.06. The van der Waals surface area contributed by atoms with Gasteiger partial charge in [0, 0.05) is 36.9 Å². The predicted octanol–water partition coefficient (Wildman–Crippen LogP) is 3.35. The molecule has 2 aromatic rings. The first-order chi connectivity index (χ1) is 10.9. The normalized spacial score (nSPS) is 17.9. The Kier molecular flexibility index (Phi) is 4.11. The molecule has 1 amide bonds. The van der Waals surface area contributed by atoms with Crippen LogP contribution in [0.25, 0.3) is 11.5 Å². The van der Waals surface area contributed by atoms with Crippen LogP contribution in [0.3, 0.4) is 0 Å². The van der Waals surface area contributed by atoms with Gasteiger partial charge < -0.3 is 9.73 Å². The number of hydrogen-bond acceptors (Lipinski definition) is 4. The fraction of sp³-hybridized carbons (Fsp3) is 0.438. The fourth-order valence-electron chi connectivity index (χ4n) is 2.63. The summed E-state index contributed by atoms with van der Waals surface area (Å²) < 4.78 is 31.5. The van der Waals surface area contributed by atoms with Crippen molar-refractivity contribution in [2.45, 2.75) is 44.6 Å². The summed E-state index contributed by atoms with van der Waals surface area (Å²) in [6.07, 6.45) is 0.261. The van der Waals surface area contributed by atoms with E-state index in [0.717, 1.165) is 5.56 Å². The van der Waals surface area contributed by atoms with E-state index in [1.54, 1.807) is 31.2 Å².